The van der Waals surface area contributed by atoms with Gasteiger partial charge in [-0.05, 0) is 38.5 Å². The van der Waals surface area contributed by atoms with Crippen LogP contribution in [0.15, 0.2) is 16.6 Å². The Bertz CT molecular complexity index is 541. The summed E-state index contributed by atoms with van der Waals surface area (Å²) in [6.45, 7) is 5.40. The van der Waals surface area contributed by atoms with Crippen molar-refractivity contribution in [2.75, 3.05) is 12.4 Å². The molecule has 0 amide bonds. The maximum absolute atomic E-state index is 11.7. The van der Waals surface area contributed by atoms with Crippen LogP contribution in [0.3, 0.4) is 0 Å². The number of ether oxygens (including phenoxy) is 1. The zero-order valence-electron chi connectivity index (χ0n) is 11.2. The molecule has 108 valence electrons. The Labute approximate surface area is 128 Å². The molecule has 19 heavy (non-hydrogen) atoms. The number of benzene rings is 1. The topological polar surface area (TPSA) is 43.4 Å². The van der Waals surface area contributed by atoms with Crippen molar-refractivity contribution in [3.05, 3.63) is 27.7 Å². The number of hydrogen-bond donors (Lipinski definition) is 0. The van der Waals surface area contributed by atoms with Crippen molar-refractivity contribution in [1.29, 1.82) is 0 Å². The first kappa shape index (κ1) is 16.8. The summed E-state index contributed by atoms with van der Waals surface area (Å²) in [6, 6.07) is 3.80. The number of hydrogen-bond acceptors (Lipinski definition) is 3. The highest BCUT2D eigenvalue weighted by Gasteiger charge is 2.17. The summed E-state index contributed by atoms with van der Waals surface area (Å²) in [5.74, 6) is 1.02. The number of aryl methyl sites for hydroxylation is 1. The molecule has 0 aliphatic heterocycles. The lowest BCUT2D eigenvalue weighted by atomic mass is 10.1. The maximum Gasteiger partial charge on any atom is 0.155 e. The smallest absolute Gasteiger partial charge is 0.155 e. The molecule has 0 spiro atoms. The van der Waals surface area contributed by atoms with Gasteiger partial charge in [-0.15, -0.1) is 11.6 Å². The molecule has 0 bridgehead atoms. The predicted octanol–water partition coefficient (Wildman–Crippen LogP) is 3.70. The number of sulfone groups is 1. The standard InChI is InChI=1S/C13H18BrClO3S/c1-9(2)19(16,17)5-4-18-13-10(3)6-12(14)7-11(13)8-15/h6-7,9H,4-5,8H2,1-3H3. The van der Waals surface area contributed by atoms with Crippen LogP contribution in [-0.2, 0) is 15.7 Å². The Hall–Kier alpha value is -0.260. The van der Waals surface area contributed by atoms with E-state index in [-0.39, 0.29) is 17.6 Å². The minimum atomic E-state index is -3.08. The van der Waals surface area contributed by atoms with Gasteiger partial charge in [0, 0.05) is 10.0 Å². The van der Waals surface area contributed by atoms with Gasteiger partial charge in [-0.25, -0.2) is 8.42 Å². The van der Waals surface area contributed by atoms with Crippen LogP contribution in [0, 0.1) is 6.92 Å². The number of halogens is 2. The van der Waals surface area contributed by atoms with Gasteiger partial charge in [-0.1, -0.05) is 15.9 Å². The van der Waals surface area contributed by atoms with E-state index in [9.17, 15) is 8.42 Å². The molecule has 0 aliphatic rings. The highest BCUT2D eigenvalue weighted by molar-refractivity contribution is 9.10. The Kier molecular flexibility index (Phi) is 6.15. The molecule has 0 atom stereocenters. The quantitative estimate of drug-likeness (QED) is 0.718. The molecule has 6 heteroatoms. The van der Waals surface area contributed by atoms with Crippen molar-refractivity contribution in [2.45, 2.75) is 31.9 Å². The third-order valence-electron chi connectivity index (χ3n) is 2.79. The molecule has 0 unspecified atom stereocenters. The minimum Gasteiger partial charge on any atom is -0.492 e. The highest BCUT2D eigenvalue weighted by Crippen LogP contribution is 2.29. The fourth-order valence-electron chi connectivity index (χ4n) is 1.60. The van der Waals surface area contributed by atoms with Gasteiger partial charge in [0.05, 0.1) is 16.9 Å². The first-order valence-electron chi connectivity index (χ1n) is 5.97. The highest BCUT2D eigenvalue weighted by atomic mass is 79.9. The molecule has 1 aromatic carbocycles. The largest absolute Gasteiger partial charge is 0.492 e. The van der Waals surface area contributed by atoms with Crippen LogP contribution in [0.5, 0.6) is 5.75 Å². The molecule has 0 saturated heterocycles. The Morgan fingerprint density at radius 2 is 2.00 bits per heavy atom. The summed E-state index contributed by atoms with van der Waals surface area (Å²) in [4.78, 5) is 0. The van der Waals surface area contributed by atoms with E-state index in [1.807, 2.05) is 19.1 Å². The average molecular weight is 370 g/mol. The first-order valence-corrected chi connectivity index (χ1v) is 9.01. The van der Waals surface area contributed by atoms with Crippen LogP contribution < -0.4 is 4.74 Å². The fourth-order valence-corrected chi connectivity index (χ4v) is 3.21. The second kappa shape index (κ2) is 6.95. The van der Waals surface area contributed by atoms with E-state index in [4.69, 9.17) is 16.3 Å². The van der Waals surface area contributed by atoms with Gasteiger partial charge in [0.2, 0.25) is 0 Å². The second-order valence-electron chi connectivity index (χ2n) is 4.61. The molecule has 0 N–H and O–H groups in total. The zero-order chi connectivity index (χ0) is 14.6. The van der Waals surface area contributed by atoms with E-state index in [0.717, 1.165) is 15.6 Å². The zero-order valence-corrected chi connectivity index (χ0v) is 14.4. The summed E-state index contributed by atoms with van der Waals surface area (Å²) < 4.78 is 29.9. The van der Waals surface area contributed by atoms with E-state index >= 15 is 0 Å². The van der Waals surface area contributed by atoms with Crippen LogP contribution in [0.1, 0.15) is 25.0 Å². The number of alkyl halides is 1. The van der Waals surface area contributed by atoms with Crippen LogP contribution in [0.4, 0.5) is 0 Å². The van der Waals surface area contributed by atoms with Crippen molar-refractivity contribution < 1.29 is 13.2 Å². The molecule has 0 saturated carbocycles. The molecule has 1 rings (SSSR count). The van der Waals surface area contributed by atoms with Crippen LogP contribution >= 0.6 is 27.5 Å². The lowest BCUT2D eigenvalue weighted by Gasteiger charge is -2.14. The van der Waals surface area contributed by atoms with Crippen molar-refractivity contribution >= 4 is 37.4 Å². The second-order valence-corrected chi connectivity index (χ2v) is 8.47. The van der Waals surface area contributed by atoms with Gasteiger partial charge in [0.15, 0.2) is 9.84 Å². The average Bonchev–Trinajstić information content (AvgIpc) is 2.30. The normalized spacial score (nSPS) is 11.9. The summed E-state index contributed by atoms with van der Waals surface area (Å²) in [7, 11) is -3.08. The van der Waals surface area contributed by atoms with Crippen molar-refractivity contribution in [1.82, 2.24) is 0 Å². The van der Waals surface area contributed by atoms with Gasteiger partial charge in [-0.3, -0.25) is 0 Å². The summed E-state index contributed by atoms with van der Waals surface area (Å²) in [5, 5.41) is -0.380. The predicted molar refractivity (Wildman–Crippen MR) is 82.9 cm³/mol. The van der Waals surface area contributed by atoms with Gasteiger partial charge in [0.1, 0.15) is 12.4 Å². The Morgan fingerprint density at radius 1 is 1.37 bits per heavy atom. The van der Waals surface area contributed by atoms with Crippen LogP contribution in [0.25, 0.3) is 0 Å². The minimum absolute atomic E-state index is 0.0158. The molecule has 1 aromatic rings. The van der Waals surface area contributed by atoms with Gasteiger partial charge < -0.3 is 4.74 Å². The lowest BCUT2D eigenvalue weighted by molar-refractivity contribution is 0.335. The fraction of sp³-hybridized carbons (Fsp3) is 0.538. The summed E-state index contributed by atoms with van der Waals surface area (Å²) in [6.07, 6.45) is 0. The molecule has 0 aliphatic carbocycles. The van der Waals surface area contributed by atoms with Gasteiger partial charge in [-0.2, -0.15) is 0 Å². The third kappa shape index (κ3) is 4.65. The molecular formula is C13H18BrClO3S. The summed E-state index contributed by atoms with van der Waals surface area (Å²) in [5.41, 5.74) is 1.79. The van der Waals surface area contributed by atoms with Crippen LogP contribution in [0.2, 0.25) is 0 Å². The van der Waals surface area contributed by atoms with Gasteiger partial charge >= 0.3 is 0 Å². The Balaban J connectivity index is 2.79. The van der Waals surface area contributed by atoms with Crippen molar-refractivity contribution in [3.8, 4) is 5.75 Å². The Morgan fingerprint density at radius 3 is 2.53 bits per heavy atom. The molecule has 0 radical (unpaired) electrons. The van der Waals surface area contributed by atoms with Crippen molar-refractivity contribution in [2.24, 2.45) is 0 Å². The molecule has 3 nitrogen and oxygen atoms in total. The lowest BCUT2D eigenvalue weighted by Crippen LogP contribution is -2.22. The molecule has 0 aromatic heterocycles. The number of rotatable bonds is 6. The maximum atomic E-state index is 11.7. The van der Waals surface area contributed by atoms with E-state index in [1.54, 1.807) is 13.8 Å². The van der Waals surface area contributed by atoms with E-state index in [1.165, 1.54) is 0 Å². The van der Waals surface area contributed by atoms with E-state index in [0.29, 0.717) is 11.6 Å². The third-order valence-corrected chi connectivity index (χ3v) is 5.71. The van der Waals surface area contributed by atoms with Crippen molar-refractivity contribution in [3.63, 3.8) is 0 Å². The van der Waals surface area contributed by atoms with E-state index in [2.05, 4.69) is 15.9 Å². The molecule has 0 fully saturated rings. The SMILES string of the molecule is Cc1cc(Br)cc(CCl)c1OCCS(=O)(=O)C(C)C. The monoisotopic (exact) mass is 368 g/mol. The molecular weight excluding hydrogens is 352 g/mol. The van der Waals surface area contributed by atoms with E-state index < -0.39 is 9.84 Å². The first-order chi connectivity index (χ1) is 8.77. The molecule has 0 heterocycles. The van der Waals surface area contributed by atoms with Crippen LogP contribution in [-0.4, -0.2) is 26.0 Å². The summed E-state index contributed by atoms with van der Waals surface area (Å²) >= 11 is 9.27. The van der Waals surface area contributed by atoms with Gasteiger partial charge in [0.25, 0.3) is 0 Å².